The van der Waals surface area contributed by atoms with Crippen LogP contribution < -0.4 is 4.74 Å². The third kappa shape index (κ3) is 6.18. The highest BCUT2D eigenvalue weighted by atomic mass is 35.5. The minimum absolute atomic E-state index is 0.107. The van der Waals surface area contributed by atoms with Crippen molar-refractivity contribution in [2.24, 2.45) is 0 Å². The molecule has 182 valence electrons. The Bertz CT molecular complexity index is 1110. The summed E-state index contributed by atoms with van der Waals surface area (Å²) in [4.78, 5) is 16.9. The molecular weight excluding hydrogens is 474 g/mol. The van der Waals surface area contributed by atoms with E-state index in [1.807, 2.05) is 18.2 Å². The number of sulfonamides is 1. The van der Waals surface area contributed by atoms with Crippen molar-refractivity contribution in [2.45, 2.75) is 17.7 Å². The zero-order valence-corrected chi connectivity index (χ0v) is 20.7. The molecule has 0 aromatic heterocycles. The number of hydrogen-bond donors (Lipinski definition) is 0. The molecule has 0 radical (unpaired) electrons. The van der Waals surface area contributed by atoms with E-state index in [0.717, 1.165) is 32.5 Å². The lowest BCUT2D eigenvalue weighted by molar-refractivity contribution is -0.135. The van der Waals surface area contributed by atoms with E-state index in [2.05, 4.69) is 29.2 Å². The van der Waals surface area contributed by atoms with Gasteiger partial charge in [-0.2, -0.15) is 4.31 Å². The molecule has 2 aliphatic rings. The fourth-order valence-corrected chi connectivity index (χ4v) is 5.99. The maximum Gasteiger partial charge on any atom is 0.260 e. The summed E-state index contributed by atoms with van der Waals surface area (Å²) in [6.07, 6.45) is 5.99. The van der Waals surface area contributed by atoms with Crippen molar-refractivity contribution in [2.75, 3.05) is 52.4 Å². The normalized spacial score (nSPS) is 18.0. The Morgan fingerprint density at radius 1 is 0.971 bits per heavy atom. The second-order valence-corrected chi connectivity index (χ2v) is 10.8. The number of amides is 1. The van der Waals surface area contributed by atoms with Gasteiger partial charge in [-0.05, 0) is 36.6 Å². The summed E-state index contributed by atoms with van der Waals surface area (Å²) in [6, 6.07) is 14.6. The first kappa shape index (κ1) is 24.7. The van der Waals surface area contributed by atoms with Gasteiger partial charge in [-0.3, -0.25) is 9.69 Å². The Balaban J connectivity index is 1.24. The number of piperazine rings is 1. The lowest BCUT2D eigenvalue weighted by atomic mass is 10.2. The van der Waals surface area contributed by atoms with Crippen molar-refractivity contribution < 1.29 is 17.9 Å². The zero-order valence-electron chi connectivity index (χ0n) is 19.1. The summed E-state index contributed by atoms with van der Waals surface area (Å²) in [6.45, 7) is 4.65. The molecule has 9 heteroatoms. The van der Waals surface area contributed by atoms with E-state index in [1.54, 1.807) is 4.90 Å². The van der Waals surface area contributed by atoms with E-state index < -0.39 is 10.0 Å². The number of rotatable bonds is 8. The quantitative estimate of drug-likeness (QED) is 0.552. The van der Waals surface area contributed by atoms with Gasteiger partial charge >= 0.3 is 0 Å². The first-order valence-corrected chi connectivity index (χ1v) is 13.4. The molecule has 0 N–H and O–H groups in total. The van der Waals surface area contributed by atoms with Crippen LogP contribution >= 0.6 is 11.6 Å². The first-order valence-electron chi connectivity index (χ1n) is 11.6. The predicted octanol–water partition coefficient (Wildman–Crippen LogP) is 3.36. The fraction of sp³-hybridized carbons (Fsp3) is 0.400. The van der Waals surface area contributed by atoms with E-state index >= 15 is 0 Å². The number of halogens is 1. The minimum Gasteiger partial charge on any atom is -0.482 e. The van der Waals surface area contributed by atoms with Crippen LogP contribution in [0.25, 0.3) is 6.08 Å². The molecule has 0 spiro atoms. The van der Waals surface area contributed by atoms with Crippen LogP contribution in [0.4, 0.5) is 0 Å². The predicted molar refractivity (Wildman–Crippen MR) is 133 cm³/mol. The molecule has 34 heavy (non-hydrogen) atoms. The summed E-state index contributed by atoms with van der Waals surface area (Å²) >= 11 is 6.28. The average molecular weight is 504 g/mol. The molecule has 2 aliphatic heterocycles. The number of hydrogen-bond acceptors (Lipinski definition) is 5. The minimum atomic E-state index is -3.55. The molecule has 0 aliphatic carbocycles. The van der Waals surface area contributed by atoms with E-state index in [4.69, 9.17) is 16.3 Å². The van der Waals surface area contributed by atoms with Crippen molar-refractivity contribution in [3.05, 3.63) is 65.2 Å². The number of carbonyl (C=O) groups excluding carboxylic acids is 1. The summed E-state index contributed by atoms with van der Waals surface area (Å²) in [5.74, 6) is 0.199. The Hall–Kier alpha value is -2.39. The molecule has 0 unspecified atom stereocenters. The van der Waals surface area contributed by atoms with Gasteiger partial charge in [0.25, 0.3) is 5.91 Å². The average Bonchev–Trinajstić information content (AvgIpc) is 3.40. The van der Waals surface area contributed by atoms with Gasteiger partial charge in [0.05, 0.1) is 9.92 Å². The standard InChI is InChI=1S/C25H30ClN3O4S/c26-23-19-22(34(31,32)29-13-4-5-14-29)10-11-24(23)33-20-25(30)28-17-15-27(16-18-28)12-6-9-21-7-2-1-3-8-21/h1-3,6-11,19H,4-5,12-18,20H2/b9-6+. The van der Waals surface area contributed by atoms with Gasteiger partial charge in [0.1, 0.15) is 5.75 Å². The fourth-order valence-electron chi connectivity index (χ4n) is 4.15. The Morgan fingerprint density at radius 3 is 2.35 bits per heavy atom. The smallest absolute Gasteiger partial charge is 0.260 e. The van der Waals surface area contributed by atoms with Crippen LogP contribution in [0.1, 0.15) is 18.4 Å². The van der Waals surface area contributed by atoms with Gasteiger partial charge in [-0.25, -0.2) is 8.42 Å². The Labute approximate surface area is 206 Å². The SMILES string of the molecule is O=C(COc1ccc(S(=O)(=O)N2CCCC2)cc1Cl)N1CCN(C/C=C/c2ccccc2)CC1. The monoisotopic (exact) mass is 503 g/mol. The second-order valence-electron chi connectivity index (χ2n) is 8.49. The maximum atomic E-state index is 12.7. The molecule has 0 bridgehead atoms. The summed E-state index contributed by atoms with van der Waals surface area (Å²) in [7, 11) is -3.55. The molecule has 2 heterocycles. The molecular formula is C25H30ClN3O4S. The van der Waals surface area contributed by atoms with Crippen LogP contribution in [-0.2, 0) is 14.8 Å². The zero-order chi connectivity index (χ0) is 24.0. The number of carbonyl (C=O) groups is 1. The lowest BCUT2D eigenvalue weighted by Crippen LogP contribution is -2.49. The van der Waals surface area contributed by atoms with Gasteiger partial charge in [0.2, 0.25) is 10.0 Å². The summed E-state index contributed by atoms with van der Waals surface area (Å²) in [5.41, 5.74) is 1.17. The van der Waals surface area contributed by atoms with Gasteiger partial charge in [0, 0.05) is 45.8 Å². The molecule has 4 rings (SSSR count). The van der Waals surface area contributed by atoms with Gasteiger partial charge in [0.15, 0.2) is 6.61 Å². The second kappa shape index (κ2) is 11.4. The van der Waals surface area contributed by atoms with Crippen molar-refractivity contribution in [3.63, 3.8) is 0 Å². The van der Waals surface area contributed by atoms with E-state index in [1.165, 1.54) is 28.1 Å². The summed E-state index contributed by atoms with van der Waals surface area (Å²) in [5, 5.41) is 0.183. The highest BCUT2D eigenvalue weighted by Gasteiger charge is 2.28. The largest absolute Gasteiger partial charge is 0.482 e. The van der Waals surface area contributed by atoms with Gasteiger partial charge < -0.3 is 9.64 Å². The Morgan fingerprint density at radius 2 is 1.68 bits per heavy atom. The Kier molecular flexibility index (Phi) is 8.26. The highest BCUT2D eigenvalue weighted by Crippen LogP contribution is 2.30. The molecule has 2 fully saturated rings. The van der Waals surface area contributed by atoms with E-state index in [-0.39, 0.29) is 22.4 Å². The number of nitrogens with zero attached hydrogens (tertiary/aromatic N) is 3. The molecule has 0 saturated carbocycles. The molecule has 1 amide bonds. The van der Waals surface area contributed by atoms with Gasteiger partial charge in [-0.1, -0.05) is 54.1 Å². The van der Waals surface area contributed by atoms with Crippen LogP contribution in [0.3, 0.4) is 0 Å². The first-order chi connectivity index (χ1) is 16.4. The lowest BCUT2D eigenvalue weighted by Gasteiger charge is -2.34. The van der Waals surface area contributed by atoms with Gasteiger partial charge in [-0.15, -0.1) is 0 Å². The van der Waals surface area contributed by atoms with Crippen molar-refractivity contribution in [3.8, 4) is 5.75 Å². The topological polar surface area (TPSA) is 70.2 Å². The van der Waals surface area contributed by atoms with Crippen LogP contribution in [-0.4, -0.2) is 80.9 Å². The van der Waals surface area contributed by atoms with Crippen LogP contribution in [0.15, 0.2) is 59.5 Å². The van der Waals surface area contributed by atoms with E-state index in [0.29, 0.717) is 31.9 Å². The number of ether oxygens (including phenoxy) is 1. The van der Waals surface area contributed by atoms with E-state index in [9.17, 15) is 13.2 Å². The highest BCUT2D eigenvalue weighted by molar-refractivity contribution is 7.89. The van der Waals surface area contributed by atoms with Crippen LogP contribution in [0.2, 0.25) is 5.02 Å². The van der Waals surface area contributed by atoms with Crippen molar-refractivity contribution >= 4 is 33.6 Å². The molecule has 7 nitrogen and oxygen atoms in total. The van der Waals surface area contributed by atoms with Crippen LogP contribution in [0, 0.1) is 0 Å². The summed E-state index contributed by atoms with van der Waals surface area (Å²) < 4.78 is 32.5. The van der Waals surface area contributed by atoms with Crippen LogP contribution in [0.5, 0.6) is 5.75 Å². The third-order valence-electron chi connectivity index (χ3n) is 6.16. The maximum absolute atomic E-state index is 12.7. The van der Waals surface area contributed by atoms with Crippen molar-refractivity contribution in [1.82, 2.24) is 14.1 Å². The number of benzene rings is 2. The molecule has 2 aromatic carbocycles. The third-order valence-corrected chi connectivity index (χ3v) is 8.35. The molecule has 2 saturated heterocycles. The van der Waals surface area contributed by atoms with Crippen molar-refractivity contribution in [1.29, 1.82) is 0 Å². The molecule has 0 atom stereocenters. The molecule has 2 aromatic rings.